The second-order valence-electron chi connectivity index (χ2n) is 2.64. The molecule has 0 saturated carbocycles. The SMILES string of the molecule is C1CCCNOOOOOONCC1. The van der Waals surface area contributed by atoms with Gasteiger partial charge in [0.25, 0.3) is 0 Å². The van der Waals surface area contributed by atoms with Gasteiger partial charge in [0.15, 0.2) is 0 Å². The number of hydrogen-bond acceptors (Lipinski definition) is 8. The monoisotopic (exact) mass is 210 g/mol. The Morgan fingerprint density at radius 1 is 0.571 bits per heavy atom. The highest BCUT2D eigenvalue weighted by Gasteiger charge is 1.96. The van der Waals surface area contributed by atoms with Crippen molar-refractivity contribution in [1.29, 1.82) is 0 Å². The maximum atomic E-state index is 4.33. The van der Waals surface area contributed by atoms with E-state index in [1.54, 1.807) is 0 Å². The first-order chi connectivity index (χ1) is 7.00. The van der Waals surface area contributed by atoms with Gasteiger partial charge in [-0.25, -0.2) is 0 Å². The Kier molecular flexibility index (Phi) is 7.76. The van der Waals surface area contributed by atoms with E-state index in [1.165, 1.54) is 0 Å². The van der Waals surface area contributed by atoms with E-state index in [4.69, 9.17) is 0 Å². The molecule has 1 saturated heterocycles. The highest BCUT2D eigenvalue weighted by Crippen LogP contribution is 1.98. The zero-order valence-corrected chi connectivity index (χ0v) is 7.69. The molecule has 0 aliphatic carbocycles. The van der Waals surface area contributed by atoms with Gasteiger partial charge in [-0.2, -0.15) is 11.0 Å². The summed E-state index contributed by atoms with van der Waals surface area (Å²) in [5, 5.41) is 15.8. The van der Waals surface area contributed by atoms with Crippen molar-refractivity contribution in [3.63, 3.8) is 0 Å². The van der Waals surface area contributed by atoms with Crippen molar-refractivity contribution in [2.45, 2.75) is 25.7 Å². The van der Waals surface area contributed by atoms with Gasteiger partial charge in [-0.15, -0.1) is 9.98 Å². The molecule has 0 radical (unpaired) electrons. The molecule has 8 nitrogen and oxygen atoms in total. The Morgan fingerprint density at radius 2 is 1.07 bits per heavy atom. The average molecular weight is 210 g/mol. The van der Waals surface area contributed by atoms with E-state index in [0.29, 0.717) is 13.1 Å². The summed E-state index contributed by atoms with van der Waals surface area (Å²) in [5.74, 6) is 0. The van der Waals surface area contributed by atoms with Crippen LogP contribution in [0.25, 0.3) is 0 Å². The zero-order valence-electron chi connectivity index (χ0n) is 7.69. The normalized spacial score (nSPS) is 24.0. The minimum absolute atomic E-state index is 0.675. The summed E-state index contributed by atoms with van der Waals surface area (Å²) in [5.41, 5.74) is 5.00. The van der Waals surface area contributed by atoms with E-state index >= 15 is 0 Å². The van der Waals surface area contributed by atoms with Crippen molar-refractivity contribution in [3.05, 3.63) is 0 Å². The third-order valence-electron chi connectivity index (χ3n) is 1.58. The lowest BCUT2D eigenvalue weighted by Crippen LogP contribution is -2.20. The fraction of sp³-hybridized carbons (Fsp3) is 1.00. The van der Waals surface area contributed by atoms with Crippen LogP contribution in [0.15, 0.2) is 0 Å². The van der Waals surface area contributed by atoms with Crippen molar-refractivity contribution >= 4 is 0 Å². The fourth-order valence-electron chi connectivity index (χ4n) is 0.930. The molecule has 0 aromatic rings. The van der Waals surface area contributed by atoms with Gasteiger partial charge in [-0.05, 0) is 33.0 Å². The van der Waals surface area contributed by atoms with Crippen molar-refractivity contribution in [3.8, 4) is 0 Å². The summed E-state index contributed by atoms with van der Waals surface area (Å²) in [7, 11) is 0. The van der Waals surface area contributed by atoms with Gasteiger partial charge < -0.3 is 0 Å². The van der Waals surface area contributed by atoms with E-state index < -0.39 is 0 Å². The Morgan fingerprint density at radius 3 is 1.57 bits per heavy atom. The molecular formula is C6H14N2O6. The van der Waals surface area contributed by atoms with Gasteiger partial charge in [0.05, 0.1) is 0 Å². The van der Waals surface area contributed by atoms with E-state index in [2.05, 4.69) is 41.1 Å². The molecule has 1 rings (SSSR count). The van der Waals surface area contributed by atoms with Crippen LogP contribution < -0.4 is 11.0 Å². The topological polar surface area (TPSA) is 79.4 Å². The third-order valence-corrected chi connectivity index (χ3v) is 1.58. The quantitative estimate of drug-likeness (QED) is 0.550. The molecule has 0 unspecified atom stereocenters. The number of nitrogens with one attached hydrogen (secondary N) is 2. The molecule has 8 heteroatoms. The highest BCUT2D eigenvalue weighted by atomic mass is 17.8. The average Bonchev–Trinajstić information content (AvgIpc) is 2.22. The van der Waals surface area contributed by atoms with Crippen LogP contribution in [-0.2, 0) is 30.1 Å². The summed E-state index contributed by atoms with van der Waals surface area (Å²) < 4.78 is 0. The van der Waals surface area contributed by atoms with Crippen LogP contribution in [0.3, 0.4) is 0 Å². The van der Waals surface area contributed by atoms with Gasteiger partial charge in [0, 0.05) is 13.1 Å². The van der Waals surface area contributed by atoms with E-state index in [-0.39, 0.29) is 0 Å². The molecule has 0 bridgehead atoms. The van der Waals surface area contributed by atoms with Crippen LogP contribution in [0.4, 0.5) is 0 Å². The summed E-state index contributed by atoms with van der Waals surface area (Å²) in [6, 6.07) is 0. The first-order valence-electron chi connectivity index (χ1n) is 4.45. The summed E-state index contributed by atoms with van der Waals surface area (Å²) in [6.07, 6.45) is 4.16. The minimum Gasteiger partial charge on any atom is -0.167 e. The van der Waals surface area contributed by atoms with Gasteiger partial charge in [-0.3, -0.25) is 0 Å². The Labute approximate surface area is 80.9 Å². The van der Waals surface area contributed by atoms with E-state index in [1.807, 2.05) is 0 Å². The molecule has 2 N–H and O–H groups in total. The van der Waals surface area contributed by atoms with Crippen LogP contribution in [-0.4, -0.2) is 13.1 Å². The second kappa shape index (κ2) is 9.24. The minimum atomic E-state index is 0.675. The maximum Gasteiger partial charge on any atom is 0.0241 e. The van der Waals surface area contributed by atoms with Gasteiger partial charge >= 0.3 is 0 Å². The largest absolute Gasteiger partial charge is 0.167 e. The fourth-order valence-corrected chi connectivity index (χ4v) is 0.930. The van der Waals surface area contributed by atoms with Crippen molar-refractivity contribution < 1.29 is 30.1 Å². The summed E-state index contributed by atoms with van der Waals surface area (Å²) >= 11 is 0. The smallest absolute Gasteiger partial charge is 0.0241 e. The molecular weight excluding hydrogens is 196 g/mol. The predicted molar refractivity (Wildman–Crippen MR) is 41.0 cm³/mol. The first kappa shape index (κ1) is 11.8. The zero-order chi connectivity index (χ0) is 9.90. The van der Waals surface area contributed by atoms with Crippen molar-refractivity contribution in [2.24, 2.45) is 0 Å². The molecule has 1 aliphatic heterocycles. The molecule has 1 fully saturated rings. The Hall–Kier alpha value is -0.320. The van der Waals surface area contributed by atoms with Crippen molar-refractivity contribution in [1.82, 2.24) is 11.0 Å². The number of hydrogen-bond donors (Lipinski definition) is 2. The molecule has 1 heterocycles. The van der Waals surface area contributed by atoms with Gasteiger partial charge in [0.2, 0.25) is 0 Å². The molecule has 0 aromatic carbocycles. The lowest BCUT2D eigenvalue weighted by molar-refractivity contribution is -0.767. The lowest BCUT2D eigenvalue weighted by atomic mass is 10.2. The third kappa shape index (κ3) is 7.12. The predicted octanol–water partition coefficient (Wildman–Crippen LogP) is 0.244. The molecule has 14 heavy (non-hydrogen) atoms. The van der Waals surface area contributed by atoms with Crippen LogP contribution >= 0.6 is 0 Å². The standard InChI is InChI=1S/C6H14N2O6/c1-2-4-6-8-10-12-14-13-11-9-7-5-3-1/h7-8H,1-6H2. The maximum absolute atomic E-state index is 4.33. The van der Waals surface area contributed by atoms with E-state index in [0.717, 1.165) is 25.7 Å². The molecule has 0 aromatic heterocycles. The first-order valence-corrected chi connectivity index (χ1v) is 4.45. The second-order valence-corrected chi connectivity index (χ2v) is 2.64. The van der Waals surface area contributed by atoms with E-state index in [9.17, 15) is 0 Å². The summed E-state index contributed by atoms with van der Waals surface area (Å²) in [4.78, 5) is 8.65. The number of hydroxylamine groups is 2. The molecule has 1 aliphatic rings. The van der Waals surface area contributed by atoms with Crippen LogP contribution in [0.5, 0.6) is 0 Å². The Balaban J connectivity index is 2.00. The van der Waals surface area contributed by atoms with Crippen LogP contribution in [0, 0.1) is 0 Å². The van der Waals surface area contributed by atoms with Crippen molar-refractivity contribution in [2.75, 3.05) is 13.1 Å². The molecule has 0 spiro atoms. The van der Waals surface area contributed by atoms with Crippen LogP contribution in [0.2, 0.25) is 0 Å². The molecule has 84 valence electrons. The molecule has 0 atom stereocenters. The van der Waals surface area contributed by atoms with Crippen LogP contribution in [0.1, 0.15) is 25.7 Å². The lowest BCUT2D eigenvalue weighted by Gasteiger charge is -2.05. The molecule has 0 amide bonds. The van der Waals surface area contributed by atoms with Gasteiger partial charge in [0.1, 0.15) is 0 Å². The Bertz CT molecular complexity index is 73.6. The summed E-state index contributed by atoms with van der Waals surface area (Å²) in [6.45, 7) is 1.35. The highest BCUT2D eigenvalue weighted by molar-refractivity contribution is 4.44. The van der Waals surface area contributed by atoms with Gasteiger partial charge in [-0.1, -0.05) is 12.8 Å². The number of rotatable bonds is 0.